The zero-order chi connectivity index (χ0) is 12.4. The monoisotopic (exact) mass is 254 g/mol. The third-order valence-electron chi connectivity index (χ3n) is 2.46. The van der Waals surface area contributed by atoms with Gasteiger partial charge in [-0.1, -0.05) is 6.92 Å². The smallest absolute Gasteiger partial charge is 0.136 e. The van der Waals surface area contributed by atoms with Crippen LogP contribution in [0.15, 0.2) is 18.2 Å². The Hall–Kier alpha value is -1.33. The van der Waals surface area contributed by atoms with Crippen molar-refractivity contribution in [2.45, 2.75) is 19.9 Å². The molecule has 2 nitrogen and oxygen atoms in total. The molecule has 0 radical (unpaired) electrons. The van der Waals surface area contributed by atoms with Gasteiger partial charge in [-0.15, -0.1) is 11.3 Å². The van der Waals surface area contributed by atoms with Crippen LogP contribution in [0.5, 0.6) is 0 Å². The quantitative estimate of drug-likeness (QED) is 0.914. The highest BCUT2D eigenvalue weighted by Crippen LogP contribution is 2.30. The molecule has 1 aromatic heterocycles. The largest absolute Gasteiger partial charge is 0.326 e. The third kappa shape index (κ3) is 2.35. The number of nitrogens with zero attached hydrogens (tertiary/aromatic N) is 1. The van der Waals surface area contributed by atoms with Gasteiger partial charge in [0, 0.05) is 23.1 Å². The van der Waals surface area contributed by atoms with Crippen LogP contribution in [0.4, 0.5) is 8.78 Å². The fourth-order valence-corrected chi connectivity index (χ4v) is 2.65. The van der Waals surface area contributed by atoms with E-state index in [0.717, 1.165) is 23.1 Å². The summed E-state index contributed by atoms with van der Waals surface area (Å²) >= 11 is 1.36. The van der Waals surface area contributed by atoms with Crippen LogP contribution in [0.3, 0.4) is 0 Å². The summed E-state index contributed by atoms with van der Waals surface area (Å²) in [4.78, 5) is 5.29. The zero-order valence-corrected chi connectivity index (χ0v) is 10.2. The van der Waals surface area contributed by atoms with Crippen LogP contribution in [-0.2, 0) is 13.0 Å². The molecular formula is C12H12F2N2S. The van der Waals surface area contributed by atoms with Crippen molar-refractivity contribution in [2.75, 3.05) is 0 Å². The molecule has 1 aromatic carbocycles. The van der Waals surface area contributed by atoms with E-state index in [1.165, 1.54) is 23.5 Å². The lowest BCUT2D eigenvalue weighted by atomic mass is 10.2. The number of hydrogen-bond acceptors (Lipinski definition) is 3. The number of rotatable bonds is 3. The van der Waals surface area contributed by atoms with Gasteiger partial charge in [-0.05, 0) is 18.6 Å². The molecule has 0 bridgehead atoms. The van der Waals surface area contributed by atoms with E-state index in [1.54, 1.807) is 0 Å². The maximum absolute atomic E-state index is 13.6. The fourth-order valence-electron chi connectivity index (χ4n) is 1.60. The van der Waals surface area contributed by atoms with Crippen molar-refractivity contribution in [3.05, 3.63) is 40.4 Å². The van der Waals surface area contributed by atoms with E-state index < -0.39 is 11.6 Å². The Kier molecular flexibility index (Phi) is 3.49. The first-order valence-corrected chi connectivity index (χ1v) is 6.11. The molecule has 0 aliphatic heterocycles. The molecule has 0 aliphatic rings. The SMILES string of the molecule is CCc1nc(-c2ccc(F)cc2F)sc1CN. The summed E-state index contributed by atoms with van der Waals surface area (Å²) < 4.78 is 26.4. The topological polar surface area (TPSA) is 38.9 Å². The second-order valence-electron chi connectivity index (χ2n) is 3.57. The van der Waals surface area contributed by atoms with Crippen molar-refractivity contribution in [3.8, 4) is 10.6 Å². The second-order valence-corrected chi connectivity index (χ2v) is 4.65. The number of aromatic nitrogens is 1. The van der Waals surface area contributed by atoms with Gasteiger partial charge in [0.1, 0.15) is 16.6 Å². The Labute approximate surface area is 102 Å². The summed E-state index contributed by atoms with van der Waals surface area (Å²) in [5, 5.41) is 0.555. The average Bonchev–Trinajstić information content (AvgIpc) is 2.72. The number of hydrogen-bond donors (Lipinski definition) is 1. The van der Waals surface area contributed by atoms with Gasteiger partial charge < -0.3 is 5.73 Å². The van der Waals surface area contributed by atoms with Crippen LogP contribution in [0.25, 0.3) is 10.6 Å². The van der Waals surface area contributed by atoms with Crippen molar-refractivity contribution in [3.63, 3.8) is 0 Å². The van der Waals surface area contributed by atoms with E-state index in [2.05, 4.69) is 4.98 Å². The Morgan fingerprint density at radius 2 is 2.12 bits per heavy atom. The minimum Gasteiger partial charge on any atom is -0.326 e. The molecular weight excluding hydrogens is 242 g/mol. The van der Waals surface area contributed by atoms with Gasteiger partial charge in [-0.2, -0.15) is 0 Å². The zero-order valence-electron chi connectivity index (χ0n) is 9.34. The predicted octanol–water partition coefficient (Wildman–Crippen LogP) is 3.11. The van der Waals surface area contributed by atoms with Gasteiger partial charge >= 0.3 is 0 Å². The van der Waals surface area contributed by atoms with Crippen LogP contribution in [-0.4, -0.2) is 4.98 Å². The molecule has 0 amide bonds. The summed E-state index contributed by atoms with van der Waals surface area (Å²) in [5.74, 6) is -1.18. The highest BCUT2D eigenvalue weighted by atomic mass is 32.1. The number of nitrogens with two attached hydrogens (primary N) is 1. The molecule has 1 heterocycles. The summed E-state index contributed by atoms with van der Waals surface area (Å²) in [6.45, 7) is 2.36. The summed E-state index contributed by atoms with van der Waals surface area (Å²) in [7, 11) is 0. The van der Waals surface area contributed by atoms with Crippen LogP contribution in [0.1, 0.15) is 17.5 Å². The number of aryl methyl sites for hydroxylation is 1. The summed E-state index contributed by atoms with van der Waals surface area (Å²) in [5.41, 5.74) is 6.81. The molecule has 2 aromatic rings. The minimum atomic E-state index is -0.593. The molecule has 0 saturated heterocycles. The van der Waals surface area contributed by atoms with E-state index in [-0.39, 0.29) is 0 Å². The molecule has 0 unspecified atom stereocenters. The first-order valence-electron chi connectivity index (χ1n) is 5.29. The van der Waals surface area contributed by atoms with Crippen LogP contribution >= 0.6 is 11.3 Å². The molecule has 17 heavy (non-hydrogen) atoms. The minimum absolute atomic E-state index is 0.325. The first-order chi connectivity index (χ1) is 8.15. The maximum Gasteiger partial charge on any atom is 0.136 e. The van der Waals surface area contributed by atoms with Crippen molar-refractivity contribution < 1.29 is 8.78 Å². The molecule has 0 saturated carbocycles. The number of halogens is 2. The Bertz CT molecular complexity index is 516. The maximum atomic E-state index is 13.6. The molecule has 0 spiro atoms. The van der Waals surface area contributed by atoms with Crippen LogP contribution in [0, 0.1) is 11.6 Å². The van der Waals surface area contributed by atoms with Crippen molar-refractivity contribution >= 4 is 11.3 Å². The molecule has 5 heteroatoms. The van der Waals surface area contributed by atoms with Crippen LogP contribution in [0.2, 0.25) is 0 Å². The number of benzene rings is 1. The third-order valence-corrected chi connectivity index (χ3v) is 3.61. The van der Waals surface area contributed by atoms with Crippen molar-refractivity contribution in [1.29, 1.82) is 0 Å². The van der Waals surface area contributed by atoms with Crippen molar-refractivity contribution in [2.24, 2.45) is 5.73 Å². The Morgan fingerprint density at radius 1 is 1.35 bits per heavy atom. The lowest BCUT2D eigenvalue weighted by Gasteiger charge is -1.98. The standard InChI is InChI=1S/C12H12F2N2S/c1-2-10-11(6-15)17-12(16-10)8-4-3-7(13)5-9(8)14/h3-5H,2,6,15H2,1H3. The number of thiazole rings is 1. The highest BCUT2D eigenvalue weighted by Gasteiger charge is 2.13. The van der Waals surface area contributed by atoms with Gasteiger partial charge in [0.25, 0.3) is 0 Å². The lowest BCUT2D eigenvalue weighted by molar-refractivity contribution is 0.585. The molecule has 0 atom stereocenters. The first kappa shape index (κ1) is 12.1. The molecule has 90 valence electrons. The highest BCUT2D eigenvalue weighted by molar-refractivity contribution is 7.15. The van der Waals surface area contributed by atoms with E-state index in [9.17, 15) is 8.78 Å². The van der Waals surface area contributed by atoms with Gasteiger partial charge in [0.2, 0.25) is 0 Å². The molecule has 2 N–H and O–H groups in total. The molecule has 2 rings (SSSR count). The van der Waals surface area contributed by atoms with Crippen molar-refractivity contribution in [1.82, 2.24) is 4.98 Å². The Balaban J connectivity index is 2.49. The van der Waals surface area contributed by atoms with E-state index in [1.807, 2.05) is 6.92 Å². The van der Waals surface area contributed by atoms with Gasteiger partial charge in [-0.25, -0.2) is 13.8 Å². The summed E-state index contributed by atoms with van der Waals surface area (Å²) in [6.07, 6.45) is 0.756. The Morgan fingerprint density at radius 3 is 2.65 bits per heavy atom. The fraction of sp³-hybridized carbons (Fsp3) is 0.250. The van der Waals surface area contributed by atoms with Gasteiger partial charge in [0.05, 0.1) is 5.69 Å². The molecule has 0 aliphatic carbocycles. The van der Waals surface area contributed by atoms with Gasteiger partial charge in [-0.3, -0.25) is 0 Å². The van der Waals surface area contributed by atoms with E-state index in [0.29, 0.717) is 17.1 Å². The lowest BCUT2D eigenvalue weighted by Crippen LogP contribution is -1.96. The average molecular weight is 254 g/mol. The van der Waals surface area contributed by atoms with Gasteiger partial charge in [0.15, 0.2) is 0 Å². The van der Waals surface area contributed by atoms with E-state index in [4.69, 9.17) is 5.73 Å². The van der Waals surface area contributed by atoms with E-state index >= 15 is 0 Å². The molecule has 0 fully saturated rings. The van der Waals surface area contributed by atoms with Crippen LogP contribution < -0.4 is 5.73 Å². The predicted molar refractivity (Wildman–Crippen MR) is 64.7 cm³/mol. The second kappa shape index (κ2) is 4.89. The summed E-state index contributed by atoms with van der Waals surface area (Å²) in [6, 6.07) is 3.50. The normalized spacial score (nSPS) is 10.8.